The lowest BCUT2D eigenvalue weighted by Crippen LogP contribution is -2.27. The van der Waals surface area contributed by atoms with Crippen molar-refractivity contribution in [3.63, 3.8) is 0 Å². The van der Waals surface area contributed by atoms with Gasteiger partial charge in [-0.3, -0.25) is 0 Å². The minimum Gasteiger partial charge on any atom is -0.489 e. The molecule has 4 rings (SSSR count). The highest BCUT2D eigenvalue weighted by molar-refractivity contribution is 7.18. The third-order valence-corrected chi connectivity index (χ3v) is 6.05. The molecule has 0 bridgehead atoms. The van der Waals surface area contributed by atoms with Crippen LogP contribution in [0.5, 0.6) is 5.75 Å². The second-order valence-electron chi connectivity index (χ2n) is 7.10. The van der Waals surface area contributed by atoms with Crippen LogP contribution in [0.15, 0.2) is 54.6 Å². The second kappa shape index (κ2) is 9.28. The van der Waals surface area contributed by atoms with Crippen molar-refractivity contribution in [1.82, 2.24) is 0 Å². The van der Waals surface area contributed by atoms with E-state index < -0.39 is 5.97 Å². The SMILES string of the molecule is O=C(O)c1sc(-c2ccc(OCc3ccc(F)cc3)cc2)cc1NC1CCCCO1. The molecule has 0 spiro atoms. The van der Waals surface area contributed by atoms with E-state index >= 15 is 0 Å². The maximum absolute atomic E-state index is 13.0. The first-order valence-electron chi connectivity index (χ1n) is 9.81. The van der Waals surface area contributed by atoms with E-state index in [0.717, 1.165) is 35.3 Å². The van der Waals surface area contributed by atoms with Gasteiger partial charge in [0.2, 0.25) is 0 Å². The predicted octanol–water partition coefficient (Wildman–Crippen LogP) is 5.77. The summed E-state index contributed by atoms with van der Waals surface area (Å²) in [5.41, 5.74) is 2.38. The Hall–Kier alpha value is -2.90. The van der Waals surface area contributed by atoms with E-state index in [1.807, 2.05) is 30.3 Å². The summed E-state index contributed by atoms with van der Waals surface area (Å²) in [7, 11) is 0. The summed E-state index contributed by atoms with van der Waals surface area (Å²) in [5, 5.41) is 12.8. The van der Waals surface area contributed by atoms with Crippen molar-refractivity contribution in [2.45, 2.75) is 32.1 Å². The molecule has 30 heavy (non-hydrogen) atoms. The van der Waals surface area contributed by atoms with E-state index in [4.69, 9.17) is 9.47 Å². The minimum absolute atomic E-state index is 0.151. The predicted molar refractivity (Wildman–Crippen MR) is 115 cm³/mol. The topological polar surface area (TPSA) is 67.8 Å². The van der Waals surface area contributed by atoms with Gasteiger partial charge in [0.1, 0.15) is 29.3 Å². The van der Waals surface area contributed by atoms with E-state index in [1.54, 1.807) is 12.1 Å². The Balaban J connectivity index is 1.45. The Bertz CT molecular complexity index is 995. The number of carboxylic acids is 1. The van der Waals surface area contributed by atoms with Gasteiger partial charge in [-0.1, -0.05) is 12.1 Å². The Labute approximate surface area is 178 Å². The first kappa shape index (κ1) is 20.4. The van der Waals surface area contributed by atoms with Crippen molar-refractivity contribution >= 4 is 23.0 Å². The number of hydrogen-bond acceptors (Lipinski definition) is 5. The molecule has 1 saturated heterocycles. The number of hydrogen-bond donors (Lipinski definition) is 2. The van der Waals surface area contributed by atoms with Crippen LogP contribution in [0, 0.1) is 5.82 Å². The molecule has 0 aliphatic carbocycles. The van der Waals surface area contributed by atoms with Crippen molar-refractivity contribution in [3.05, 3.63) is 70.9 Å². The molecule has 0 saturated carbocycles. The van der Waals surface area contributed by atoms with Gasteiger partial charge in [0.15, 0.2) is 0 Å². The van der Waals surface area contributed by atoms with Crippen molar-refractivity contribution in [1.29, 1.82) is 0 Å². The number of aromatic carboxylic acids is 1. The van der Waals surface area contributed by atoms with Gasteiger partial charge in [-0.25, -0.2) is 9.18 Å². The van der Waals surface area contributed by atoms with E-state index in [1.165, 1.54) is 23.5 Å². The number of halogens is 1. The monoisotopic (exact) mass is 427 g/mol. The Morgan fingerprint density at radius 3 is 2.60 bits per heavy atom. The highest BCUT2D eigenvalue weighted by atomic mass is 32.1. The number of carboxylic acid groups (broad SMARTS) is 1. The summed E-state index contributed by atoms with van der Waals surface area (Å²) in [6.07, 6.45) is 2.82. The highest BCUT2D eigenvalue weighted by Crippen LogP contribution is 2.36. The number of benzene rings is 2. The largest absolute Gasteiger partial charge is 0.489 e. The van der Waals surface area contributed by atoms with E-state index in [-0.39, 0.29) is 16.9 Å². The third-order valence-electron chi connectivity index (χ3n) is 4.88. The summed E-state index contributed by atoms with van der Waals surface area (Å²) < 4.78 is 24.4. The Morgan fingerprint density at radius 2 is 1.93 bits per heavy atom. The molecular weight excluding hydrogens is 405 g/mol. The number of ether oxygens (including phenoxy) is 2. The summed E-state index contributed by atoms with van der Waals surface area (Å²) >= 11 is 1.23. The molecule has 3 aromatic rings. The van der Waals surface area contributed by atoms with Crippen LogP contribution < -0.4 is 10.1 Å². The molecule has 0 amide bonds. The summed E-state index contributed by atoms with van der Waals surface area (Å²) in [4.78, 5) is 12.8. The van der Waals surface area contributed by atoms with E-state index in [9.17, 15) is 14.3 Å². The highest BCUT2D eigenvalue weighted by Gasteiger charge is 2.21. The van der Waals surface area contributed by atoms with Gasteiger partial charge < -0.3 is 19.9 Å². The molecule has 1 atom stereocenters. The number of thiophene rings is 1. The van der Waals surface area contributed by atoms with E-state index in [2.05, 4.69) is 5.32 Å². The van der Waals surface area contributed by atoms with Crippen molar-refractivity contribution < 1.29 is 23.8 Å². The van der Waals surface area contributed by atoms with Gasteiger partial charge in [0, 0.05) is 11.5 Å². The lowest BCUT2D eigenvalue weighted by atomic mass is 10.1. The number of nitrogens with one attached hydrogen (secondary N) is 1. The fourth-order valence-corrected chi connectivity index (χ4v) is 4.26. The van der Waals surface area contributed by atoms with Crippen LogP contribution in [0.25, 0.3) is 10.4 Å². The van der Waals surface area contributed by atoms with Gasteiger partial charge in [-0.15, -0.1) is 11.3 Å². The van der Waals surface area contributed by atoms with Crippen LogP contribution in [0.4, 0.5) is 10.1 Å². The van der Waals surface area contributed by atoms with Crippen molar-refractivity contribution in [2.75, 3.05) is 11.9 Å². The summed E-state index contributed by atoms with van der Waals surface area (Å²) in [6.45, 7) is 1.04. The first-order valence-corrected chi connectivity index (χ1v) is 10.6. The smallest absolute Gasteiger partial charge is 0.348 e. The fourth-order valence-electron chi connectivity index (χ4n) is 3.29. The van der Waals surface area contributed by atoms with Crippen molar-refractivity contribution in [3.8, 4) is 16.2 Å². The zero-order chi connectivity index (χ0) is 20.9. The first-order chi connectivity index (χ1) is 14.6. The van der Waals surface area contributed by atoms with Gasteiger partial charge >= 0.3 is 5.97 Å². The molecule has 1 aliphatic rings. The lowest BCUT2D eigenvalue weighted by molar-refractivity contribution is 0.0343. The zero-order valence-corrected chi connectivity index (χ0v) is 17.1. The molecule has 1 aromatic heterocycles. The van der Waals surface area contributed by atoms with Gasteiger partial charge in [-0.2, -0.15) is 0 Å². The van der Waals surface area contributed by atoms with Crippen molar-refractivity contribution in [2.24, 2.45) is 0 Å². The average Bonchev–Trinajstić information content (AvgIpc) is 3.18. The molecule has 1 aliphatic heterocycles. The summed E-state index contributed by atoms with van der Waals surface area (Å²) in [6, 6.07) is 15.5. The van der Waals surface area contributed by atoms with Gasteiger partial charge in [0.05, 0.1) is 5.69 Å². The Kier molecular flexibility index (Phi) is 6.30. The minimum atomic E-state index is -0.955. The second-order valence-corrected chi connectivity index (χ2v) is 8.15. The maximum atomic E-state index is 13.0. The van der Waals surface area contributed by atoms with Crippen LogP contribution in [0.2, 0.25) is 0 Å². The fraction of sp³-hybridized carbons (Fsp3) is 0.261. The molecule has 0 radical (unpaired) electrons. The molecule has 1 fully saturated rings. The molecule has 5 nitrogen and oxygen atoms in total. The zero-order valence-electron chi connectivity index (χ0n) is 16.3. The third kappa shape index (κ3) is 4.98. The lowest BCUT2D eigenvalue weighted by Gasteiger charge is -2.24. The average molecular weight is 427 g/mol. The van der Waals surface area contributed by atoms with Crippen LogP contribution in [0.3, 0.4) is 0 Å². The standard InChI is InChI=1S/C23H22FNO4S/c24-17-8-4-15(5-9-17)14-29-18-10-6-16(7-11-18)20-13-19(22(30-20)23(26)27)25-21-3-1-2-12-28-21/h4-11,13,21,25H,1-3,12,14H2,(H,26,27). The molecule has 2 N–H and O–H groups in total. The van der Waals surface area contributed by atoms with Crippen LogP contribution >= 0.6 is 11.3 Å². The normalized spacial score (nSPS) is 16.2. The van der Waals surface area contributed by atoms with E-state index in [0.29, 0.717) is 24.7 Å². The molecule has 156 valence electrons. The van der Waals surface area contributed by atoms with Crippen LogP contribution in [-0.2, 0) is 11.3 Å². The summed E-state index contributed by atoms with van der Waals surface area (Å²) in [5.74, 6) is -0.542. The molecule has 1 unspecified atom stereocenters. The number of rotatable bonds is 7. The maximum Gasteiger partial charge on any atom is 0.348 e. The van der Waals surface area contributed by atoms with Gasteiger partial charge in [0.25, 0.3) is 0 Å². The number of anilines is 1. The Morgan fingerprint density at radius 1 is 1.17 bits per heavy atom. The number of carbonyl (C=O) groups is 1. The van der Waals surface area contributed by atoms with Crippen LogP contribution in [-0.4, -0.2) is 23.9 Å². The molecule has 2 aromatic carbocycles. The van der Waals surface area contributed by atoms with Gasteiger partial charge in [-0.05, 0) is 72.9 Å². The molecular formula is C23H22FNO4S. The quantitative estimate of drug-likeness (QED) is 0.501. The van der Waals surface area contributed by atoms with Crippen LogP contribution in [0.1, 0.15) is 34.5 Å². The molecule has 2 heterocycles. The molecule has 7 heteroatoms.